The van der Waals surface area contributed by atoms with Crippen molar-refractivity contribution in [2.45, 2.75) is 33.2 Å². The number of rotatable bonds is 6. The molecule has 19 heavy (non-hydrogen) atoms. The number of thiazole rings is 1. The lowest BCUT2D eigenvalue weighted by molar-refractivity contribution is 0.178. The second-order valence-corrected chi connectivity index (χ2v) is 5.54. The highest BCUT2D eigenvalue weighted by Crippen LogP contribution is 2.28. The fraction of sp³-hybridized carbons (Fsp3) is 0.692. The van der Waals surface area contributed by atoms with E-state index in [9.17, 15) is 4.79 Å². The van der Waals surface area contributed by atoms with Crippen LogP contribution in [0.2, 0.25) is 0 Å². The molecular weight excluding hydrogens is 262 g/mol. The summed E-state index contributed by atoms with van der Waals surface area (Å²) in [6.07, 6.45) is 0.933. The Balaban J connectivity index is 2.67. The topological polar surface area (TPSA) is 54.5 Å². The van der Waals surface area contributed by atoms with Gasteiger partial charge in [-0.3, -0.25) is 0 Å². The largest absolute Gasteiger partial charge is 0.383 e. The van der Waals surface area contributed by atoms with Crippen LogP contribution < -0.4 is 5.32 Å². The first-order valence-electron chi connectivity index (χ1n) is 6.47. The van der Waals surface area contributed by atoms with Crippen LogP contribution in [0.3, 0.4) is 0 Å². The molecule has 0 aliphatic rings. The monoisotopic (exact) mass is 285 g/mol. The van der Waals surface area contributed by atoms with Crippen LogP contribution in [0.4, 0.5) is 4.79 Å². The number of aryl methyl sites for hydroxylation is 2. The van der Waals surface area contributed by atoms with Gasteiger partial charge in [-0.2, -0.15) is 0 Å². The number of urea groups is 1. The highest BCUT2D eigenvalue weighted by molar-refractivity contribution is 7.11. The molecule has 1 aromatic rings. The first kappa shape index (κ1) is 15.9. The molecule has 0 aliphatic carbocycles. The summed E-state index contributed by atoms with van der Waals surface area (Å²) in [7, 11) is 3.42. The molecular formula is C13H23N3O2S. The van der Waals surface area contributed by atoms with Crippen LogP contribution in [-0.4, -0.2) is 43.2 Å². The van der Waals surface area contributed by atoms with Gasteiger partial charge in [0.15, 0.2) is 0 Å². The fourth-order valence-electron chi connectivity index (χ4n) is 1.74. The Bertz CT molecular complexity index is 420. The molecule has 1 atom stereocenters. The van der Waals surface area contributed by atoms with Gasteiger partial charge in [-0.15, -0.1) is 11.3 Å². The lowest BCUT2D eigenvalue weighted by Gasteiger charge is -2.24. The summed E-state index contributed by atoms with van der Waals surface area (Å²) in [6, 6.07) is -0.0595. The van der Waals surface area contributed by atoms with Gasteiger partial charge in [0.25, 0.3) is 0 Å². The molecule has 0 spiro atoms. The number of carbonyl (C=O) groups excluding carboxylic acids is 1. The Hall–Kier alpha value is -1.14. The van der Waals surface area contributed by atoms with Crippen LogP contribution in [0, 0.1) is 6.92 Å². The molecule has 1 N–H and O–H groups in total. The lowest BCUT2D eigenvalue weighted by atomic mass is 10.2. The summed E-state index contributed by atoms with van der Waals surface area (Å²) in [5.74, 6) is 0. The zero-order valence-corrected chi connectivity index (χ0v) is 13.1. The van der Waals surface area contributed by atoms with Crippen LogP contribution in [0.5, 0.6) is 0 Å². The van der Waals surface area contributed by atoms with Crippen molar-refractivity contribution in [2.24, 2.45) is 0 Å². The molecule has 5 nitrogen and oxygen atoms in total. The van der Waals surface area contributed by atoms with Gasteiger partial charge in [-0.1, -0.05) is 6.92 Å². The summed E-state index contributed by atoms with van der Waals surface area (Å²) in [5, 5.41) is 3.94. The van der Waals surface area contributed by atoms with Gasteiger partial charge in [0.1, 0.15) is 0 Å². The van der Waals surface area contributed by atoms with E-state index in [4.69, 9.17) is 4.74 Å². The predicted molar refractivity (Wildman–Crippen MR) is 77.7 cm³/mol. The molecule has 1 aromatic heterocycles. The molecule has 0 aliphatic heterocycles. The molecule has 108 valence electrons. The zero-order chi connectivity index (χ0) is 14.4. The van der Waals surface area contributed by atoms with Crippen LogP contribution in [-0.2, 0) is 11.2 Å². The number of methoxy groups -OCH3 is 1. The Morgan fingerprint density at radius 1 is 1.58 bits per heavy atom. The molecule has 0 saturated carbocycles. The maximum Gasteiger partial charge on any atom is 0.317 e. The van der Waals surface area contributed by atoms with Gasteiger partial charge in [-0.25, -0.2) is 9.78 Å². The molecule has 6 heteroatoms. The number of aromatic nitrogens is 1. The van der Waals surface area contributed by atoms with Gasteiger partial charge >= 0.3 is 6.03 Å². The molecule has 1 heterocycles. The highest BCUT2D eigenvalue weighted by atomic mass is 32.1. The van der Waals surface area contributed by atoms with Crippen LogP contribution in [0.25, 0.3) is 0 Å². The molecule has 1 unspecified atom stereocenters. The second-order valence-electron chi connectivity index (χ2n) is 4.42. The third kappa shape index (κ3) is 4.18. The number of hydrogen-bond acceptors (Lipinski definition) is 4. The van der Waals surface area contributed by atoms with Crippen LogP contribution >= 0.6 is 11.3 Å². The summed E-state index contributed by atoms with van der Waals surface area (Å²) >= 11 is 1.68. The minimum Gasteiger partial charge on any atom is -0.383 e. The molecule has 2 amide bonds. The maximum atomic E-state index is 12.0. The molecule has 0 aromatic carbocycles. The standard InChI is InChI=1S/C13H23N3O2S/c1-6-11-15-9(2)12(19-11)10(3)16(4)13(17)14-7-8-18-5/h10H,6-8H2,1-5H3,(H,14,17). The maximum absolute atomic E-state index is 12.0. The quantitative estimate of drug-likeness (QED) is 0.816. The summed E-state index contributed by atoms with van der Waals surface area (Å²) in [5.41, 5.74) is 1.02. The number of amides is 2. The van der Waals surface area contributed by atoms with Gasteiger partial charge in [-0.05, 0) is 20.3 Å². The van der Waals surface area contributed by atoms with Gasteiger partial charge < -0.3 is 15.0 Å². The van der Waals surface area contributed by atoms with Crippen molar-refractivity contribution in [3.63, 3.8) is 0 Å². The molecule has 0 saturated heterocycles. The van der Waals surface area contributed by atoms with E-state index >= 15 is 0 Å². The van der Waals surface area contributed by atoms with Crippen molar-refractivity contribution in [3.05, 3.63) is 15.6 Å². The van der Waals surface area contributed by atoms with Crippen LogP contribution in [0.15, 0.2) is 0 Å². The van der Waals surface area contributed by atoms with E-state index in [1.165, 1.54) is 0 Å². The zero-order valence-electron chi connectivity index (χ0n) is 12.3. The summed E-state index contributed by atoms with van der Waals surface area (Å²) in [4.78, 5) is 19.3. The predicted octanol–water partition coefficient (Wildman–Crippen LogP) is 2.36. The first-order valence-corrected chi connectivity index (χ1v) is 7.28. The van der Waals surface area contributed by atoms with E-state index in [0.717, 1.165) is 22.0 Å². The van der Waals surface area contributed by atoms with E-state index in [-0.39, 0.29) is 12.1 Å². The minimum atomic E-state index is -0.0876. The van der Waals surface area contributed by atoms with Crippen molar-refractivity contribution >= 4 is 17.4 Å². The Labute approximate surface area is 119 Å². The highest BCUT2D eigenvalue weighted by Gasteiger charge is 2.21. The fourth-order valence-corrected chi connectivity index (χ4v) is 2.84. The molecule has 0 bridgehead atoms. The molecule has 0 radical (unpaired) electrons. The van der Waals surface area contributed by atoms with Gasteiger partial charge in [0, 0.05) is 25.6 Å². The summed E-state index contributed by atoms with van der Waals surface area (Å²) < 4.78 is 4.91. The molecule has 1 rings (SSSR count). The van der Waals surface area contributed by atoms with Gasteiger partial charge in [0.05, 0.1) is 23.4 Å². The van der Waals surface area contributed by atoms with E-state index < -0.39 is 0 Å². The Kier molecular flexibility index (Phi) is 6.24. The van der Waals surface area contributed by atoms with Crippen molar-refractivity contribution < 1.29 is 9.53 Å². The summed E-state index contributed by atoms with van der Waals surface area (Å²) in [6.45, 7) is 7.16. The molecule has 0 fully saturated rings. The Morgan fingerprint density at radius 3 is 2.79 bits per heavy atom. The van der Waals surface area contributed by atoms with Crippen molar-refractivity contribution in [2.75, 3.05) is 27.3 Å². The van der Waals surface area contributed by atoms with E-state index in [1.54, 1.807) is 30.4 Å². The average Bonchev–Trinajstić information content (AvgIpc) is 2.78. The number of ether oxygens (including phenoxy) is 1. The third-order valence-electron chi connectivity index (χ3n) is 3.04. The van der Waals surface area contributed by atoms with E-state index in [2.05, 4.69) is 17.2 Å². The lowest BCUT2D eigenvalue weighted by Crippen LogP contribution is -2.40. The number of nitrogens with one attached hydrogen (secondary N) is 1. The normalized spacial score (nSPS) is 12.3. The van der Waals surface area contributed by atoms with Crippen molar-refractivity contribution in [1.82, 2.24) is 15.2 Å². The van der Waals surface area contributed by atoms with Gasteiger partial charge in [0.2, 0.25) is 0 Å². The number of nitrogens with zero attached hydrogens (tertiary/aromatic N) is 2. The third-order valence-corrected chi connectivity index (χ3v) is 4.51. The second kappa shape index (κ2) is 7.45. The van der Waals surface area contributed by atoms with Crippen LogP contribution in [0.1, 0.15) is 35.5 Å². The van der Waals surface area contributed by atoms with Crippen molar-refractivity contribution in [1.29, 1.82) is 0 Å². The van der Waals surface area contributed by atoms with E-state index in [1.807, 2.05) is 13.8 Å². The Morgan fingerprint density at radius 2 is 2.26 bits per heavy atom. The smallest absolute Gasteiger partial charge is 0.317 e. The SMILES string of the molecule is CCc1nc(C)c(C(C)N(C)C(=O)NCCOC)s1. The number of hydrogen-bond donors (Lipinski definition) is 1. The first-order chi connectivity index (χ1) is 9.01. The average molecular weight is 285 g/mol. The number of carbonyl (C=O) groups is 1. The van der Waals surface area contributed by atoms with E-state index in [0.29, 0.717) is 13.2 Å². The minimum absolute atomic E-state index is 0.0281. The van der Waals surface area contributed by atoms with Crippen molar-refractivity contribution in [3.8, 4) is 0 Å².